The Morgan fingerprint density at radius 2 is 1.72 bits per heavy atom. The fourth-order valence-electron chi connectivity index (χ4n) is 1.29. The van der Waals surface area contributed by atoms with Gasteiger partial charge in [0.15, 0.2) is 0 Å². The second kappa shape index (κ2) is 9.05. The smallest absolute Gasteiger partial charge is 1.00 e. The van der Waals surface area contributed by atoms with Crippen LogP contribution in [0.4, 0.5) is 0 Å². The summed E-state index contributed by atoms with van der Waals surface area (Å²) in [5.74, 6) is 0.662. The van der Waals surface area contributed by atoms with Gasteiger partial charge in [-0.25, -0.2) is 0 Å². The Morgan fingerprint density at radius 3 is 2.28 bits per heavy atom. The van der Waals surface area contributed by atoms with E-state index in [4.69, 9.17) is 27.9 Å². The van der Waals surface area contributed by atoms with Crippen LogP contribution in [0.3, 0.4) is 0 Å². The van der Waals surface area contributed by atoms with Gasteiger partial charge in [-0.05, 0) is 18.2 Å². The summed E-state index contributed by atoms with van der Waals surface area (Å²) in [4.78, 5) is 0. The van der Waals surface area contributed by atoms with Gasteiger partial charge in [0.25, 0.3) is 0 Å². The van der Waals surface area contributed by atoms with E-state index in [0.29, 0.717) is 22.4 Å². The van der Waals surface area contributed by atoms with Gasteiger partial charge in [-0.15, -0.1) is 5.56 Å². The molecule has 18 heavy (non-hydrogen) atoms. The van der Waals surface area contributed by atoms with Gasteiger partial charge in [0.05, 0.1) is 6.61 Å². The van der Waals surface area contributed by atoms with E-state index in [0.717, 1.165) is 5.56 Å². The molecule has 0 aromatic heterocycles. The van der Waals surface area contributed by atoms with Gasteiger partial charge in [0, 0.05) is 10.0 Å². The van der Waals surface area contributed by atoms with Crippen molar-refractivity contribution in [3.8, 4) is 5.75 Å². The third kappa shape index (κ3) is 5.80. The molecule has 0 radical (unpaired) electrons. The summed E-state index contributed by atoms with van der Waals surface area (Å²) in [6, 6.07) is 15.9. The summed E-state index contributed by atoms with van der Waals surface area (Å²) >= 11 is 11.7. The molecule has 0 bridgehead atoms. The van der Waals surface area contributed by atoms with Gasteiger partial charge in [0.2, 0.25) is 0 Å². The van der Waals surface area contributed by atoms with Gasteiger partial charge >= 0.3 is 23.1 Å². The predicted octanol–water partition coefficient (Wildman–Crippen LogP) is 0.996. The topological polar surface area (TPSA) is 9.23 Å². The minimum Gasteiger partial charge on any atom is -1.00 e. The van der Waals surface area contributed by atoms with Crippen molar-refractivity contribution < 1.29 is 21.7 Å². The van der Waals surface area contributed by atoms with E-state index in [1.165, 1.54) is 0 Å². The van der Waals surface area contributed by atoms with E-state index in [9.17, 15) is 0 Å². The average molecular weight is 356 g/mol. The molecule has 90 valence electrons. The van der Waals surface area contributed by atoms with Crippen molar-refractivity contribution in [2.75, 3.05) is 0 Å². The summed E-state index contributed by atoms with van der Waals surface area (Å²) in [7, 11) is 0. The van der Waals surface area contributed by atoms with Crippen molar-refractivity contribution in [1.29, 1.82) is 0 Å². The second-order valence-corrected chi connectivity index (χ2v) is 4.15. The molecule has 2 rings (SSSR count). The number of hydrogen-bond acceptors (Lipinski definition) is 1. The van der Waals surface area contributed by atoms with Crippen molar-refractivity contribution in [3.05, 3.63) is 64.1 Å². The molecule has 5 heteroatoms. The van der Waals surface area contributed by atoms with Crippen molar-refractivity contribution in [3.63, 3.8) is 0 Å². The van der Waals surface area contributed by atoms with Crippen molar-refractivity contribution >= 4 is 46.3 Å². The zero-order valence-electron chi connectivity index (χ0n) is 9.50. The van der Waals surface area contributed by atoms with Crippen LogP contribution in [0.2, 0.25) is 10.0 Å². The normalized spacial score (nSPS) is 9.00. The van der Waals surface area contributed by atoms with Crippen LogP contribution in [-0.4, -0.2) is 23.1 Å². The summed E-state index contributed by atoms with van der Waals surface area (Å²) in [6.07, 6.45) is 0. The van der Waals surface area contributed by atoms with Gasteiger partial charge in [-0.1, -0.05) is 23.2 Å². The molecule has 0 atom stereocenters. The first-order valence-corrected chi connectivity index (χ1v) is 5.54. The van der Waals surface area contributed by atoms with Crippen molar-refractivity contribution in [2.45, 2.75) is 6.61 Å². The Morgan fingerprint density at radius 1 is 1.06 bits per heavy atom. The first kappa shape index (κ1) is 18.1. The molecule has 2 aromatic carbocycles. The Bertz CT molecular complexity index is 459. The zero-order valence-corrected chi connectivity index (χ0v) is 14.0. The molecule has 0 aliphatic rings. The molecule has 0 N–H and O–H groups in total. The first-order valence-electron chi connectivity index (χ1n) is 4.78. The average Bonchev–Trinajstić information content (AvgIpc) is 2.27. The maximum absolute atomic E-state index is 5.86. The molecule has 2 aromatic rings. The quantitative estimate of drug-likeness (QED) is 0.589. The van der Waals surface area contributed by atoms with Crippen LogP contribution in [0.1, 0.15) is 5.56 Å². The molecular weight excluding hydrogens is 347 g/mol. The second-order valence-electron chi connectivity index (χ2n) is 3.28. The summed E-state index contributed by atoms with van der Waals surface area (Å²) < 4.78 is 5.55. The molecular formula is C13H9BrCl2MgO. The third-order valence-corrected chi connectivity index (χ3v) is 2.44. The van der Waals surface area contributed by atoms with Crippen LogP contribution in [0.15, 0.2) is 42.5 Å². The maximum atomic E-state index is 5.86. The van der Waals surface area contributed by atoms with Gasteiger partial charge in [-0.2, -0.15) is 30.3 Å². The molecule has 0 amide bonds. The fourth-order valence-corrected chi connectivity index (χ4v) is 1.80. The summed E-state index contributed by atoms with van der Waals surface area (Å²) in [5, 5.41) is 1.14. The molecule has 0 fully saturated rings. The Labute approximate surface area is 143 Å². The minimum atomic E-state index is 0. The van der Waals surface area contributed by atoms with Crippen LogP contribution in [0.5, 0.6) is 5.75 Å². The summed E-state index contributed by atoms with van der Waals surface area (Å²) in [6.45, 7) is 0.456. The SMILES string of the molecule is Clc1cc(Cl)cc(OCc2[c-]cccc2)c1.[Br-].[Mg+2]. The van der Waals surface area contributed by atoms with Gasteiger partial charge in [-0.3, -0.25) is 0 Å². The third-order valence-electron chi connectivity index (χ3n) is 2.00. The molecule has 0 unspecified atom stereocenters. The van der Waals surface area contributed by atoms with Crippen molar-refractivity contribution in [2.24, 2.45) is 0 Å². The zero-order chi connectivity index (χ0) is 11.4. The molecule has 0 spiro atoms. The number of hydrogen-bond donors (Lipinski definition) is 0. The van der Waals surface area contributed by atoms with Crippen LogP contribution >= 0.6 is 23.2 Å². The fraction of sp³-hybridized carbons (Fsp3) is 0.0769. The number of benzene rings is 2. The van der Waals surface area contributed by atoms with Crippen LogP contribution in [-0.2, 0) is 6.61 Å². The minimum absolute atomic E-state index is 0. The van der Waals surface area contributed by atoms with E-state index in [-0.39, 0.29) is 40.0 Å². The maximum Gasteiger partial charge on any atom is 2.00 e. The Balaban J connectivity index is 0.00000144. The van der Waals surface area contributed by atoms with Crippen molar-refractivity contribution in [1.82, 2.24) is 0 Å². The van der Waals surface area contributed by atoms with E-state index >= 15 is 0 Å². The largest absolute Gasteiger partial charge is 2.00 e. The van der Waals surface area contributed by atoms with Crippen LogP contribution in [0, 0.1) is 6.07 Å². The first-order chi connectivity index (χ1) is 7.74. The standard InChI is InChI=1S/C13H9Cl2O.BrH.Mg/c14-11-6-12(15)8-13(7-11)16-9-10-4-2-1-3-5-10;;/h1-4,6-8H,9H2;1H;/q-1;;+2/p-1. The molecule has 0 aliphatic heterocycles. The molecule has 0 saturated heterocycles. The Hall–Kier alpha value is 0.0662. The monoisotopic (exact) mass is 354 g/mol. The van der Waals surface area contributed by atoms with E-state index in [1.54, 1.807) is 18.2 Å². The predicted molar refractivity (Wildman–Crippen MR) is 71.8 cm³/mol. The molecule has 0 aliphatic carbocycles. The van der Waals surface area contributed by atoms with E-state index in [2.05, 4.69) is 6.07 Å². The van der Waals surface area contributed by atoms with Gasteiger partial charge in [0.1, 0.15) is 5.75 Å². The Kier molecular flexibility index (Phi) is 9.08. The number of halogens is 3. The number of ether oxygens (including phenoxy) is 1. The number of rotatable bonds is 3. The van der Waals surface area contributed by atoms with E-state index in [1.807, 2.05) is 24.3 Å². The molecule has 0 heterocycles. The van der Waals surface area contributed by atoms with E-state index < -0.39 is 0 Å². The van der Waals surface area contributed by atoms with Gasteiger partial charge < -0.3 is 21.7 Å². The van der Waals surface area contributed by atoms with Crippen LogP contribution in [0.25, 0.3) is 0 Å². The molecule has 1 nitrogen and oxygen atoms in total. The van der Waals surface area contributed by atoms with Crippen LogP contribution < -0.4 is 21.7 Å². The summed E-state index contributed by atoms with van der Waals surface area (Å²) in [5.41, 5.74) is 0.985. The molecule has 0 saturated carbocycles.